The van der Waals surface area contributed by atoms with E-state index >= 15 is 0 Å². The average Bonchev–Trinajstić information content (AvgIpc) is 3.09. The Labute approximate surface area is 134 Å². The van der Waals surface area contributed by atoms with Crippen LogP contribution in [0.3, 0.4) is 0 Å². The molecule has 0 aliphatic carbocycles. The third kappa shape index (κ3) is 2.44. The summed E-state index contributed by atoms with van der Waals surface area (Å²) in [5.41, 5.74) is 5.13. The second-order valence-electron chi connectivity index (χ2n) is 4.95. The van der Waals surface area contributed by atoms with Crippen molar-refractivity contribution in [1.82, 2.24) is 20.2 Å². The minimum Gasteiger partial charge on any atom is -0.371 e. The number of benzene rings is 1. The SMILES string of the molecule is CNc1n[nH]c(C#Cc2c(F)cc3[nH]c(C)nc3c2F)c1C(N)=O. The number of imidazole rings is 1. The van der Waals surface area contributed by atoms with Crippen LogP contribution in [0.25, 0.3) is 11.0 Å². The summed E-state index contributed by atoms with van der Waals surface area (Å²) in [7, 11) is 1.55. The zero-order chi connectivity index (χ0) is 17.4. The van der Waals surface area contributed by atoms with Crippen LogP contribution in [-0.4, -0.2) is 33.1 Å². The Bertz CT molecular complexity index is 1020. The summed E-state index contributed by atoms with van der Waals surface area (Å²) in [5, 5.41) is 9.00. The van der Waals surface area contributed by atoms with E-state index in [1.165, 1.54) is 0 Å². The molecule has 2 heterocycles. The van der Waals surface area contributed by atoms with Crippen molar-refractivity contribution in [3.05, 3.63) is 40.3 Å². The molecule has 7 nitrogen and oxygen atoms in total. The lowest BCUT2D eigenvalue weighted by molar-refractivity contribution is 0.100. The highest BCUT2D eigenvalue weighted by molar-refractivity contribution is 5.99. The highest BCUT2D eigenvalue weighted by Crippen LogP contribution is 2.22. The van der Waals surface area contributed by atoms with Gasteiger partial charge in [-0.2, -0.15) is 5.10 Å². The summed E-state index contributed by atoms with van der Waals surface area (Å²) >= 11 is 0. The smallest absolute Gasteiger partial charge is 0.255 e. The number of halogens is 2. The summed E-state index contributed by atoms with van der Waals surface area (Å²) in [6.45, 7) is 1.63. The minimum absolute atomic E-state index is 0.00570. The first-order chi connectivity index (χ1) is 11.4. The van der Waals surface area contributed by atoms with Gasteiger partial charge in [0.2, 0.25) is 0 Å². The molecule has 0 saturated carbocycles. The Morgan fingerprint density at radius 2 is 2.12 bits per heavy atom. The highest BCUT2D eigenvalue weighted by Gasteiger charge is 2.17. The topological polar surface area (TPSA) is 112 Å². The number of hydrogen-bond donors (Lipinski definition) is 4. The Kier molecular flexibility index (Phi) is 3.65. The van der Waals surface area contributed by atoms with Gasteiger partial charge in [0, 0.05) is 13.1 Å². The number of primary amides is 1. The van der Waals surface area contributed by atoms with Crippen LogP contribution in [-0.2, 0) is 0 Å². The van der Waals surface area contributed by atoms with Gasteiger partial charge < -0.3 is 16.0 Å². The van der Waals surface area contributed by atoms with E-state index in [0.29, 0.717) is 5.82 Å². The second-order valence-corrected chi connectivity index (χ2v) is 4.95. The van der Waals surface area contributed by atoms with Crippen LogP contribution in [0.1, 0.15) is 27.4 Å². The lowest BCUT2D eigenvalue weighted by atomic mass is 10.1. The maximum absolute atomic E-state index is 14.4. The number of rotatable bonds is 2. The highest BCUT2D eigenvalue weighted by atomic mass is 19.1. The first-order valence-corrected chi connectivity index (χ1v) is 6.84. The molecule has 1 amide bonds. The van der Waals surface area contributed by atoms with Crippen LogP contribution < -0.4 is 11.1 Å². The number of nitrogens with one attached hydrogen (secondary N) is 3. The molecule has 0 bridgehead atoms. The van der Waals surface area contributed by atoms with E-state index in [1.54, 1.807) is 14.0 Å². The maximum Gasteiger partial charge on any atom is 0.255 e. The molecule has 122 valence electrons. The fourth-order valence-electron chi connectivity index (χ4n) is 2.30. The molecule has 5 N–H and O–H groups in total. The zero-order valence-electron chi connectivity index (χ0n) is 12.7. The van der Waals surface area contributed by atoms with Gasteiger partial charge in [0.05, 0.1) is 11.1 Å². The van der Waals surface area contributed by atoms with E-state index in [0.717, 1.165) is 6.07 Å². The summed E-state index contributed by atoms with van der Waals surface area (Å²) in [6.07, 6.45) is 0. The molecule has 0 atom stereocenters. The molecular weight excluding hydrogens is 318 g/mol. The molecule has 0 spiro atoms. The zero-order valence-corrected chi connectivity index (χ0v) is 12.7. The van der Waals surface area contributed by atoms with Crippen LogP contribution in [0.4, 0.5) is 14.6 Å². The molecule has 0 saturated heterocycles. The van der Waals surface area contributed by atoms with Gasteiger partial charge in [-0.3, -0.25) is 9.89 Å². The summed E-state index contributed by atoms with van der Waals surface area (Å²) in [4.78, 5) is 18.2. The predicted molar refractivity (Wildman–Crippen MR) is 83.4 cm³/mol. The fourth-order valence-corrected chi connectivity index (χ4v) is 2.30. The van der Waals surface area contributed by atoms with E-state index < -0.39 is 23.1 Å². The summed E-state index contributed by atoms with van der Waals surface area (Å²) < 4.78 is 28.5. The lowest BCUT2D eigenvalue weighted by Gasteiger charge is -1.98. The standard InChI is InChI=1S/C15H12F2N6O/c1-6-20-10-5-8(16)7(12(17)13(10)21-6)3-4-9-11(14(18)24)15(19-2)23-22-9/h5H,1-2H3,(H2,18,24)(H,20,21)(H2,19,22,23). The van der Waals surface area contributed by atoms with E-state index in [4.69, 9.17) is 5.73 Å². The molecule has 9 heteroatoms. The molecule has 0 aliphatic rings. The molecule has 0 fully saturated rings. The minimum atomic E-state index is -0.879. The summed E-state index contributed by atoms with van der Waals surface area (Å²) in [6, 6.07) is 1.11. The van der Waals surface area contributed by atoms with Gasteiger partial charge in [-0.05, 0) is 12.8 Å². The van der Waals surface area contributed by atoms with E-state index in [-0.39, 0.29) is 28.1 Å². The number of fused-ring (bicyclic) bond motifs is 1. The van der Waals surface area contributed by atoms with Crippen molar-refractivity contribution in [2.75, 3.05) is 12.4 Å². The van der Waals surface area contributed by atoms with Crippen molar-refractivity contribution in [2.45, 2.75) is 6.92 Å². The number of anilines is 1. The van der Waals surface area contributed by atoms with Gasteiger partial charge in [-0.15, -0.1) is 0 Å². The normalized spacial score (nSPS) is 10.5. The predicted octanol–water partition coefficient (Wildman–Crippen LogP) is 1.41. The largest absolute Gasteiger partial charge is 0.371 e. The maximum atomic E-state index is 14.4. The first kappa shape index (κ1) is 15.5. The molecule has 0 radical (unpaired) electrons. The molecule has 0 unspecified atom stereocenters. The van der Waals surface area contributed by atoms with Crippen molar-refractivity contribution in [3.8, 4) is 11.8 Å². The number of hydrogen-bond acceptors (Lipinski definition) is 4. The number of aryl methyl sites for hydroxylation is 1. The van der Waals surface area contributed by atoms with Gasteiger partial charge in [-0.1, -0.05) is 5.92 Å². The third-order valence-corrected chi connectivity index (χ3v) is 3.35. The number of aromatic nitrogens is 4. The Balaban J connectivity index is 2.14. The number of amides is 1. The number of carbonyl (C=O) groups excluding carboxylic acids is 1. The van der Waals surface area contributed by atoms with Gasteiger partial charge in [0.25, 0.3) is 5.91 Å². The quantitative estimate of drug-likeness (QED) is 0.532. The molecule has 3 aromatic rings. The monoisotopic (exact) mass is 330 g/mol. The average molecular weight is 330 g/mol. The summed E-state index contributed by atoms with van der Waals surface area (Å²) in [5.74, 6) is 3.03. The van der Waals surface area contributed by atoms with Gasteiger partial charge >= 0.3 is 0 Å². The molecular formula is C15H12F2N6O. The second kappa shape index (κ2) is 5.66. The number of nitrogens with two attached hydrogens (primary N) is 1. The van der Waals surface area contributed by atoms with Crippen molar-refractivity contribution >= 4 is 22.8 Å². The number of carbonyl (C=O) groups is 1. The number of aromatic amines is 2. The van der Waals surface area contributed by atoms with Gasteiger partial charge in [0.1, 0.15) is 28.4 Å². The van der Waals surface area contributed by atoms with Crippen LogP contribution in [0.15, 0.2) is 6.07 Å². The Morgan fingerprint density at radius 3 is 2.79 bits per heavy atom. The van der Waals surface area contributed by atoms with Gasteiger partial charge in [-0.25, -0.2) is 13.8 Å². The lowest BCUT2D eigenvalue weighted by Crippen LogP contribution is -2.13. The Hall–Kier alpha value is -3.41. The number of nitrogens with zero attached hydrogens (tertiary/aromatic N) is 2. The van der Waals surface area contributed by atoms with Crippen LogP contribution in [0, 0.1) is 30.4 Å². The van der Waals surface area contributed by atoms with Crippen molar-refractivity contribution < 1.29 is 13.6 Å². The van der Waals surface area contributed by atoms with Crippen LogP contribution in [0.5, 0.6) is 0 Å². The van der Waals surface area contributed by atoms with E-state index in [9.17, 15) is 13.6 Å². The molecule has 3 rings (SSSR count). The third-order valence-electron chi connectivity index (χ3n) is 3.35. The Morgan fingerprint density at radius 1 is 1.38 bits per heavy atom. The van der Waals surface area contributed by atoms with Crippen molar-refractivity contribution in [3.63, 3.8) is 0 Å². The fraction of sp³-hybridized carbons (Fsp3) is 0.133. The molecule has 1 aromatic carbocycles. The first-order valence-electron chi connectivity index (χ1n) is 6.84. The number of H-pyrrole nitrogens is 2. The van der Waals surface area contributed by atoms with E-state index in [1.807, 2.05) is 0 Å². The molecule has 2 aromatic heterocycles. The molecule has 24 heavy (non-hydrogen) atoms. The van der Waals surface area contributed by atoms with Crippen LogP contribution in [0.2, 0.25) is 0 Å². The van der Waals surface area contributed by atoms with Crippen molar-refractivity contribution in [2.24, 2.45) is 5.73 Å². The van der Waals surface area contributed by atoms with Crippen molar-refractivity contribution in [1.29, 1.82) is 0 Å². The van der Waals surface area contributed by atoms with E-state index in [2.05, 4.69) is 37.3 Å². The molecule has 0 aliphatic heterocycles. The van der Waals surface area contributed by atoms with Gasteiger partial charge in [0.15, 0.2) is 11.6 Å². The van der Waals surface area contributed by atoms with Crippen LogP contribution >= 0.6 is 0 Å².